The van der Waals surface area contributed by atoms with Crippen LogP contribution >= 0.6 is 34.8 Å². The molecular weight excluding hydrogens is 303 g/mol. The third-order valence-electron chi connectivity index (χ3n) is 2.93. The molecule has 5 heteroatoms. The van der Waals surface area contributed by atoms with Gasteiger partial charge >= 0.3 is 0 Å². The van der Waals surface area contributed by atoms with E-state index in [0.29, 0.717) is 21.6 Å². The molecule has 0 spiro atoms. The molecule has 0 aliphatic carbocycles. The number of pyridine rings is 1. The Labute approximate surface area is 127 Å². The van der Waals surface area contributed by atoms with Crippen LogP contribution in [0.5, 0.6) is 0 Å². The first-order valence-electron chi connectivity index (χ1n) is 5.85. The fraction of sp³-hybridized carbons (Fsp3) is 0.214. The van der Waals surface area contributed by atoms with Gasteiger partial charge in [0.25, 0.3) is 0 Å². The first kappa shape index (κ1) is 14.6. The van der Waals surface area contributed by atoms with Crippen LogP contribution in [0.3, 0.4) is 0 Å². The third kappa shape index (κ3) is 3.61. The molecule has 1 N–H and O–H groups in total. The summed E-state index contributed by atoms with van der Waals surface area (Å²) < 4.78 is 0. The van der Waals surface area contributed by atoms with Crippen molar-refractivity contribution in [2.45, 2.75) is 19.5 Å². The Morgan fingerprint density at radius 3 is 2.37 bits per heavy atom. The fourth-order valence-electron chi connectivity index (χ4n) is 1.76. The Kier molecular flexibility index (Phi) is 5.06. The summed E-state index contributed by atoms with van der Waals surface area (Å²) in [6, 6.07) is 7.57. The summed E-state index contributed by atoms with van der Waals surface area (Å²) >= 11 is 18.3. The van der Waals surface area contributed by atoms with Crippen LogP contribution in [0.15, 0.2) is 36.7 Å². The first-order chi connectivity index (χ1) is 9.09. The second-order valence-corrected chi connectivity index (χ2v) is 5.40. The zero-order valence-corrected chi connectivity index (χ0v) is 12.6. The summed E-state index contributed by atoms with van der Waals surface area (Å²) in [6.45, 7) is 2.63. The lowest BCUT2D eigenvalue weighted by Crippen LogP contribution is -2.18. The molecule has 2 nitrogen and oxygen atoms in total. The molecule has 2 aromatic rings. The summed E-state index contributed by atoms with van der Waals surface area (Å²) in [4.78, 5) is 4.00. The highest BCUT2D eigenvalue weighted by Crippen LogP contribution is 2.31. The lowest BCUT2D eigenvalue weighted by molar-refractivity contribution is 0.574. The van der Waals surface area contributed by atoms with Gasteiger partial charge in [-0.15, -0.1) is 0 Å². The van der Waals surface area contributed by atoms with Crippen molar-refractivity contribution in [1.82, 2.24) is 10.3 Å². The van der Waals surface area contributed by atoms with E-state index < -0.39 is 0 Å². The van der Waals surface area contributed by atoms with Crippen molar-refractivity contribution in [3.8, 4) is 0 Å². The van der Waals surface area contributed by atoms with Gasteiger partial charge in [-0.25, -0.2) is 0 Å². The molecule has 0 aliphatic heterocycles. The molecule has 0 aliphatic rings. The Balaban J connectivity index is 2.09. The van der Waals surface area contributed by atoms with Crippen molar-refractivity contribution < 1.29 is 0 Å². The Morgan fingerprint density at radius 1 is 1.05 bits per heavy atom. The van der Waals surface area contributed by atoms with Gasteiger partial charge in [0.05, 0.1) is 10.0 Å². The van der Waals surface area contributed by atoms with E-state index in [0.717, 1.165) is 11.1 Å². The fourth-order valence-corrected chi connectivity index (χ4v) is 2.44. The van der Waals surface area contributed by atoms with E-state index in [9.17, 15) is 0 Å². The van der Waals surface area contributed by atoms with Gasteiger partial charge in [-0.2, -0.15) is 0 Å². The van der Waals surface area contributed by atoms with Crippen LogP contribution in [-0.4, -0.2) is 4.98 Å². The first-order valence-corrected chi connectivity index (χ1v) is 6.98. The van der Waals surface area contributed by atoms with Crippen LogP contribution in [0.2, 0.25) is 15.1 Å². The Bertz CT molecular complexity index is 558. The number of benzene rings is 1. The van der Waals surface area contributed by atoms with Crippen molar-refractivity contribution in [3.05, 3.63) is 62.9 Å². The molecule has 1 aromatic heterocycles. The van der Waals surface area contributed by atoms with Gasteiger partial charge in [0.2, 0.25) is 0 Å². The van der Waals surface area contributed by atoms with Gasteiger partial charge in [-0.3, -0.25) is 4.98 Å². The molecule has 1 aromatic carbocycles. The van der Waals surface area contributed by atoms with Crippen molar-refractivity contribution in [2.75, 3.05) is 0 Å². The molecule has 0 saturated carbocycles. The lowest BCUT2D eigenvalue weighted by atomic mass is 10.1. The highest BCUT2D eigenvalue weighted by atomic mass is 35.5. The highest BCUT2D eigenvalue weighted by Gasteiger charge is 2.11. The van der Waals surface area contributed by atoms with Crippen LogP contribution in [0.1, 0.15) is 24.1 Å². The monoisotopic (exact) mass is 314 g/mol. The summed E-state index contributed by atoms with van der Waals surface area (Å²) in [7, 11) is 0. The third-order valence-corrected chi connectivity index (χ3v) is 4.13. The smallest absolute Gasteiger partial charge is 0.0652 e. The van der Waals surface area contributed by atoms with Crippen LogP contribution < -0.4 is 5.32 Å². The van der Waals surface area contributed by atoms with Gasteiger partial charge in [-0.1, -0.05) is 34.8 Å². The minimum atomic E-state index is 0.175. The van der Waals surface area contributed by atoms with E-state index in [1.54, 1.807) is 24.5 Å². The van der Waals surface area contributed by atoms with E-state index in [1.165, 1.54) is 0 Å². The summed E-state index contributed by atoms with van der Waals surface area (Å²) in [5, 5.41) is 5.00. The quantitative estimate of drug-likeness (QED) is 0.812. The van der Waals surface area contributed by atoms with Crippen LogP contribution in [0.25, 0.3) is 0 Å². The highest BCUT2D eigenvalue weighted by molar-refractivity contribution is 6.44. The van der Waals surface area contributed by atoms with Crippen LogP contribution in [0.4, 0.5) is 0 Å². The van der Waals surface area contributed by atoms with Gasteiger partial charge in [-0.05, 0) is 36.8 Å². The Morgan fingerprint density at radius 2 is 1.68 bits per heavy atom. The van der Waals surface area contributed by atoms with E-state index in [-0.39, 0.29) is 6.04 Å². The molecule has 0 saturated heterocycles. The number of hydrogen-bond acceptors (Lipinski definition) is 2. The van der Waals surface area contributed by atoms with Crippen LogP contribution in [-0.2, 0) is 6.54 Å². The predicted molar refractivity (Wildman–Crippen MR) is 81.0 cm³/mol. The van der Waals surface area contributed by atoms with Crippen molar-refractivity contribution in [1.29, 1.82) is 0 Å². The maximum absolute atomic E-state index is 6.16. The standard InChI is InChI=1S/C14H13Cl3N2/c1-9(10-4-6-18-7-5-10)19-8-11-12(15)2-3-13(16)14(11)17/h2-7,9,19H,8H2,1H3. The summed E-state index contributed by atoms with van der Waals surface area (Å²) in [5.74, 6) is 0. The molecule has 0 fully saturated rings. The van der Waals surface area contributed by atoms with Crippen LogP contribution in [0, 0.1) is 0 Å². The Hall–Kier alpha value is -0.800. The molecule has 0 radical (unpaired) electrons. The normalized spacial score (nSPS) is 12.4. The number of rotatable bonds is 4. The van der Waals surface area contributed by atoms with Gasteiger partial charge in [0.15, 0.2) is 0 Å². The van der Waals surface area contributed by atoms with Crippen molar-refractivity contribution in [2.24, 2.45) is 0 Å². The molecule has 1 atom stereocenters. The van der Waals surface area contributed by atoms with Crippen molar-refractivity contribution >= 4 is 34.8 Å². The second kappa shape index (κ2) is 6.58. The SMILES string of the molecule is CC(NCc1c(Cl)ccc(Cl)c1Cl)c1ccncc1. The van der Waals surface area contributed by atoms with Gasteiger partial charge < -0.3 is 5.32 Å². The molecule has 0 amide bonds. The largest absolute Gasteiger partial charge is 0.306 e. The minimum Gasteiger partial charge on any atom is -0.306 e. The molecule has 100 valence electrons. The van der Waals surface area contributed by atoms with E-state index in [1.807, 2.05) is 12.1 Å². The van der Waals surface area contributed by atoms with Gasteiger partial charge in [0.1, 0.15) is 0 Å². The molecule has 1 unspecified atom stereocenters. The number of nitrogens with zero attached hydrogens (tertiary/aromatic N) is 1. The summed E-state index contributed by atoms with van der Waals surface area (Å²) in [5.41, 5.74) is 1.97. The molecule has 19 heavy (non-hydrogen) atoms. The van der Waals surface area contributed by atoms with E-state index in [4.69, 9.17) is 34.8 Å². The maximum Gasteiger partial charge on any atom is 0.0652 e. The van der Waals surface area contributed by atoms with Crippen molar-refractivity contribution in [3.63, 3.8) is 0 Å². The molecule has 1 heterocycles. The number of aromatic nitrogens is 1. The van der Waals surface area contributed by atoms with Gasteiger partial charge in [0, 0.05) is 35.6 Å². The lowest BCUT2D eigenvalue weighted by Gasteiger charge is -2.16. The zero-order valence-electron chi connectivity index (χ0n) is 10.3. The predicted octanol–water partition coefficient (Wildman–Crippen LogP) is 4.89. The zero-order chi connectivity index (χ0) is 13.8. The average molecular weight is 316 g/mol. The molecule has 0 bridgehead atoms. The topological polar surface area (TPSA) is 24.9 Å². The molecular formula is C14H13Cl3N2. The molecule has 2 rings (SSSR count). The number of halogens is 3. The summed E-state index contributed by atoms with van der Waals surface area (Å²) in [6.07, 6.45) is 3.54. The van der Waals surface area contributed by atoms with E-state index >= 15 is 0 Å². The average Bonchev–Trinajstić information content (AvgIpc) is 2.44. The second-order valence-electron chi connectivity index (χ2n) is 4.20. The number of hydrogen-bond donors (Lipinski definition) is 1. The minimum absolute atomic E-state index is 0.175. The van der Waals surface area contributed by atoms with E-state index in [2.05, 4.69) is 17.2 Å². The maximum atomic E-state index is 6.16. The number of nitrogens with one attached hydrogen (secondary N) is 1.